The number of fused-ring (bicyclic) bond motifs is 1. The van der Waals surface area contributed by atoms with Crippen molar-refractivity contribution in [3.05, 3.63) is 22.7 Å². The van der Waals surface area contributed by atoms with Gasteiger partial charge in [0.15, 0.2) is 17.8 Å². The van der Waals surface area contributed by atoms with Crippen molar-refractivity contribution >= 4 is 17.9 Å². The number of carbonyl (C=O) groups is 1. The molecule has 2 rings (SSSR count). The minimum atomic E-state index is -4.81. The van der Waals surface area contributed by atoms with Crippen LogP contribution in [0.2, 0.25) is 5.02 Å². The van der Waals surface area contributed by atoms with E-state index in [9.17, 15) is 22.4 Å². The fourth-order valence-electron chi connectivity index (χ4n) is 1.20. The van der Waals surface area contributed by atoms with Crippen LogP contribution in [0.25, 0.3) is 0 Å². The van der Waals surface area contributed by atoms with Crippen molar-refractivity contribution in [2.24, 2.45) is 0 Å². The minimum Gasteiger partial charge on any atom is -0.421 e. The second-order valence-electron chi connectivity index (χ2n) is 3.18. The first-order valence-corrected chi connectivity index (χ1v) is 4.57. The molecule has 8 heteroatoms. The predicted octanol–water partition coefficient (Wildman–Crippen LogP) is 3.11. The molecule has 1 aliphatic rings. The molecule has 1 aromatic carbocycles. The van der Waals surface area contributed by atoms with Crippen LogP contribution in [0.15, 0.2) is 12.1 Å². The minimum absolute atomic E-state index is 0.171. The molecular formula is C9H3ClF4O3. The largest absolute Gasteiger partial charge is 0.507 e. The van der Waals surface area contributed by atoms with E-state index in [1.807, 2.05) is 0 Å². The Balaban J connectivity index is 2.54. The van der Waals surface area contributed by atoms with E-state index in [4.69, 9.17) is 11.6 Å². The molecule has 92 valence electrons. The van der Waals surface area contributed by atoms with E-state index >= 15 is 0 Å². The summed E-state index contributed by atoms with van der Waals surface area (Å²) in [5.74, 6) is -1.33. The van der Waals surface area contributed by atoms with Crippen molar-refractivity contribution < 1.29 is 31.8 Å². The molecule has 0 bridgehead atoms. The standard InChI is InChI=1S/C9H3ClF4O3/c10-5-2-7-6(1-4(5)3-15)16-8(11,12)9(13,14)17-7/h1-3H. The van der Waals surface area contributed by atoms with E-state index in [0.717, 1.165) is 12.1 Å². The lowest BCUT2D eigenvalue weighted by Gasteiger charge is -2.31. The summed E-state index contributed by atoms with van der Waals surface area (Å²) < 4.78 is 58.7. The van der Waals surface area contributed by atoms with Crippen LogP contribution in [0.5, 0.6) is 11.5 Å². The highest BCUT2D eigenvalue weighted by Gasteiger charge is 2.66. The summed E-state index contributed by atoms with van der Waals surface area (Å²) in [6.45, 7) is 0. The first kappa shape index (κ1) is 12.0. The van der Waals surface area contributed by atoms with Gasteiger partial charge in [-0.25, -0.2) is 0 Å². The molecular weight excluding hydrogens is 268 g/mol. The highest BCUT2D eigenvalue weighted by Crippen LogP contribution is 2.48. The van der Waals surface area contributed by atoms with Gasteiger partial charge < -0.3 is 9.47 Å². The third-order valence-corrected chi connectivity index (χ3v) is 2.33. The van der Waals surface area contributed by atoms with Crippen LogP contribution in [-0.2, 0) is 0 Å². The maximum Gasteiger partial charge on any atom is 0.507 e. The number of aldehydes is 1. The number of alkyl halides is 4. The zero-order valence-corrected chi connectivity index (χ0v) is 8.60. The number of hydrogen-bond acceptors (Lipinski definition) is 3. The van der Waals surface area contributed by atoms with Crippen molar-refractivity contribution in [3.8, 4) is 11.5 Å². The Morgan fingerprint density at radius 2 is 1.53 bits per heavy atom. The zero-order chi connectivity index (χ0) is 12.8. The normalized spacial score (nSPS) is 19.8. The van der Waals surface area contributed by atoms with Gasteiger partial charge in [0.2, 0.25) is 0 Å². The summed E-state index contributed by atoms with van der Waals surface area (Å²) in [6.07, 6.45) is -9.34. The Morgan fingerprint density at radius 1 is 1.06 bits per heavy atom. The highest BCUT2D eigenvalue weighted by molar-refractivity contribution is 6.33. The smallest absolute Gasteiger partial charge is 0.421 e. The van der Waals surface area contributed by atoms with Gasteiger partial charge in [-0.3, -0.25) is 4.79 Å². The Kier molecular flexibility index (Phi) is 2.46. The van der Waals surface area contributed by atoms with Gasteiger partial charge in [0.25, 0.3) is 0 Å². The number of rotatable bonds is 1. The number of benzene rings is 1. The molecule has 0 amide bonds. The Hall–Kier alpha value is -1.50. The summed E-state index contributed by atoms with van der Waals surface area (Å²) in [6, 6.07) is 1.61. The number of hydrogen-bond donors (Lipinski definition) is 0. The zero-order valence-electron chi connectivity index (χ0n) is 7.85. The second-order valence-corrected chi connectivity index (χ2v) is 3.58. The molecule has 0 spiro atoms. The van der Waals surface area contributed by atoms with Gasteiger partial charge in [0.05, 0.1) is 5.02 Å². The summed E-state index contributed by atoms with van der Waals surface area (Å²) in [5.41, 5.74) is -0.171. The molecule has 17 heavy (non-hydrogen) atoms. The van der Waals surface area contributed by atoms with Gasteiger partial charge in [-0.05, 0) is 6.07 Å². The first-order chi connectivity index (χ1) is 7.77. The van der Waals surface area contributed by atoms with Gasteiger partial charge in [-0.1, -0.05) is 11.6 Å². The van der Waals surface area contributed by atoms with Crippen LogP contribution < -0.4 is 9.47 Å². The molecule has 3 nitrogen and oxygen atoms in total. The molecule has 0 radical (unpaired) electrons. The third kappa shape index (κ3) is 1.80. The maximum absolute atomic E-state index is 12.8. The summed E-state index contributed by atoms with van der Waals surface area (Å²) >= 11 is 5.53. The molecule has 0 atom stereocenters. The van der Waals surface area contributed by atoms with Crippen LogP contribution >= 0.6 is 11.6 Å². The molecule has 1 aromatic rings. The lowest BCUT2D eigenvalue weighted by atomic mass is 10.2. The van der Waals surface area contributed by atoms with Crippen LogP contribution in [-0.4, -0.2) is 18.5 Å². The second kappa shape index (κ2) is 3.49. The molecule has 0 aliphatic carbocycles. The van der Waals surface area contributed by atoms with Gasteiger partial charge in [0.1, 0.15) is 0 Å². The van der Waals surface area contributed by atoms with Crippen molar-refractivity contribution in [3.63, 3.8) is 0 Å². The van der Waals surface area contributed by atoms with Gasteiger partial charge in [0, 0.05) is 11.6 Å². The lowest BCUT2D eigenvalue weighted by molar-refractivity contribution is -0.391. The monoisotopic (exact) mass is 270 g/mol. The Labute approximate surface area is 96.9 Å². The third-order valence-electron chi connectivity index (χ3n) is 2.01. The highest BCUT2D eigenvalue weighted by atomic mass is 35.5. The van der Waals surface area contributed by atoms with Crippen LogP contribution in [0.4, 0.5) is 17.6 Å². The maximum atomic E-state index is 12.8. The van der Waals surface area contributed by atoms with Crippen molar-refractivity contribution in [2.45, 2.75) is 12.2 Å². The van der Waals surface area contributed by atoms with E-state index in [0.29, 0.717) is 0 Å². The number of carbonyl (C=O) groups excluding carboxylic acids is 1. The van der Waals surface area contributed by atoms with E-state index in [1.165, 1.54) is 0 Å². The van der Waals surface area contributed by atoms with Crippen LogP contribution in [0, 0.1) is 0 Å². The van der Waals surface area contributed by atoms with Crippen molar-refractivity contribution in [1.29, 1.82) is 0 Å². The fraction of sp³-hybridized carbons (Fsp3) is 0.222. The molecule has 0 unspecified atom stereocenters. The first-order valence-electron chi connectivity index (χ1n) is 4.19. The number of ether oxygens (including phenoxy) is 2. The Bertz CT molecular complexity index is 489. The molecule has 1 heterocycles. The van der Waals surface area contributed by atoms with E-state index < -0.39 is 23.7 Å². The molecule has 0 N–H and O–H groups in total. The van der Waals surface area contributed by atoms with E-state index in [1.54, 1.807) is 0 Å². The summed E-state index contributed by atoms with van der Waals surface area (Å²) in [4.78, 5) is 10.5. The Morgan fingerprint density at radius 3 is 2.00 bits per heavy atom. The quantitative estimate of drug-likeness (QED) is 0.581. The van der Waals surface area contributed by atoms with Crippen molar-refractivity contribution in [2.75, 3.05) is 0 Å². The van der Waals surface area contributed by atoms with E-state index in [2.05, 4.69) is 9.47 Å². The van der Waals surface area contributed by atoms with E-state index in [-0.39, 0.29) is 16.9 Å². The van der Waals surface area contributed by atoms with Crippen LogP contribution in [0.1, 0.15) is 10.4 Å². The lowest BCUT2D eigenvalue weighted by Crippen LogP contribution is -2.52. The van der Waals surface area contributed by atoms with Gasteiger partial charge in [-0.15, -0.1) is 0 Å². The predicted molar refractivity (Wildman–Crippen MR) is 48.0 cm³/mol. The number of halogens is 5. The van der Waals surface area contributed by atoms with Gasteiger partial charge in [-0.2, -0.15) is 17.6 Å². The average molecular weight is 271 g/mol. The summed E-state index contributed by atoms with van der Waals surface area (Å²) in [5, 5.41) is -0.205. The molecule has 0 saturated carbocycles. The molecule has 0 aromatic heterocycles. The SMILES string of the molecule is O=Cc1cc2c(cc1Cl)OC(F)(F)C(F)(F)O2. The topological polar surface area (TPSA) is 35.5 Å². The summed E-state index contributed by atoms with van der Waals surface area (Å²) in [7, 11) is 0. The average Bonchev–Trinajstić information content (AvgIpc) is 2.19. The fourth-order valence-corrected chi connectivity index (χ4v) is 1.39. The molecule has 1 aliphatic heterocycles. The van der Waals surface area contributed by atoms with Crippen molar-refractivity contribution in [1.82, 2.24) is 0 Å². The molecule has 0 fully saturated rings. The molecule has 0 saturated heterocycles. The van der Waals surface area contributed by atoms with Gasteiger partial charge >= 0.3 is 12.2 Å². The van der Waals surface area contributed by atoms with Crippen LogP contribution in [0.3, 0.4) is 0 Å².